The van der Waals surface area contributed by atoms with E-state index in [9.17, 15) is 4.79 Å². The zero-order chi connectivity index (χ0) is 23.6. The molecule has 3 heterocycles. The lowest BCUT2D eigenvalue weighted by atomic mass is 10.1. The number of nitrogens with two attached hydrogens (primary N) is 1. The van der Waals surface area contributed by atoms with Gasteiger partial charge in [0.15, 0.2) is 0 Å². The predicted octanol–water partition coefficient (Wildman–Crippen LogP) is 5.20. The molecule has 1 amide bonds. The number of aryl methyl sites for hydroxylation is 1. The zero-order valence-electron chi connectivity index (χ0n) is 19.2. The van der Waals surface area contributed by atoms with Crippen LogP contribution in [0.25, 0.3) is 32.2 Å². The summed E-state index contributed by atoms with van der Waals surface area (Å²) < 4.78 is 6.70. The zero-order valence-corrected chi connectivity index (χ0v) is 20.8. The fraction of sp³-hybridized carbons (Fsp3) is 0.391. The number of hydrogen-bond donors (Lipinski definition) is 2. The van der Waals surface area contributed by atoms with E-state index in [0.29, 0.717) is 25.3 Å². The summed E-state index contributed by atoms with van der Waals surface area (Å²) in [6, 6.07) is 6.11. The summed E-state index contributed by atoms with van der Waals surface area (Å²) in [4.78, 5) is 31.8. The fourth-order valence-electron chi connectivity index (χ4n) is 3.36. The maximum Gasteiger partial charge on any atom is 0.410 e. The molecule has 4 rings (SSSR count). The van der Waals surface area contributed by atoms with Crippen molar-refractivity contribution in [1.82, 2.24) is 24.8 Å². The number of ether oxygens (including phenoxy) is 1. The first-order valence-electron chi connectivity index (χ1n) is 10.8. The van der Waals surface area contributed by atoms with Crippen molar-refractivity contribution in [3.05, 3.63) is 40.6 Å². The van der Waals surface area contributed by atoms with Gasteiger partial charge in [-0.2, -0.15) is 0 Å². The van der Waals surface area contributed by atoms with Gasteiger partial charge < -0.3 is 20.4 Å². The van der Waals surface area contributed by atoms with E-state index in [1.165, 1.54) is 0 Å². The van der Waals surface area contributed by atoms with Crippen LogP contribution in [0.3, 0.4) is 0 Å². The lowest BCUT2D eigenvalue weighted by molar-refractivity contribution is 0.0228. The van der Waals surface area contributed by atoms with Crippen molar-refractivity contribution >= 4 is 39.0 Å². The van der Waals surface area contributed by atoms with E-state index in [1.54, 1.807) is 27.6 Å². The average Bonchev–Trinajstić information content (AvgIpc) is 3.48. The maximum atomic E-state index is 12.8. The minimum atomic E-state index is -0.583. The van der Waals surface area contributed by atoms with Crippen molar-refractivity contribution in [2.24, 2.45) is 5.73 Å². The molecule has 4 aromatic rings. The van der Waals surface area contributed by atoms with Crippen LogP contribution in [0.5, 0.6) is 0 Å². The van der Waals surface area contributed by atoms with Crippen LogP contribution in [0.15, 0.2) is 29.1 Å². The first kappa shape index (κ1) is 23.3. The average molecular weight is 485 g/mol. The first-order chi connectivity index (χ1) is 15.7. The number of imidazole rings is 1. The van der Waals surface area contributed by atoms with E-state index in [-0.39, 0.29) is 12.6 Å². The van der Waals surface area contributed by atoms with Crippen LogP contribution in [-0.4, -0.2) is 49.6 Å². The molecule has 0 aliphatic rings. The largest absolute Gasteiger partial charge is 0.444 e. The molecule has 0 atom stereocenters. The van der Waals surface area contributed by atoms with Gasteiger partial charge in [0.25, 0.3) is 0 Å². The molecule has 174 valence electrons. The summed E-state index contributed by atoms with van der Waals surface area (Å²) in [6.07, 6.45) is 0.291. The number of carbonyl (C=O) groups excluding carboxylic acids is 1. The Hall–Kier alpha value is -2.82. The Labute approximate surface area is 200 Å². The minimum Gasteiger partial charge on any atom is -0.444 e. The molecule has 0 saturated heterocycles. The highest BCUT2D eigenvalue weighted by Gasteiger charge is 2.24. The number of nitrogens with zero attached hydrogens (tertiary/aromatic N) is 4. The number of fused-ring (bicyclic) bond motifs is 1. The molecule has 1 aromatic carbocycles. The Balaban J connectivity index is 1.71. The van der Waals surface area contributed by atoms with Crippen molar-refractivity contribution in [2.75, 3.05) is 13.1 Å². The molecule has 0 unspecified atom stereocenters. The predicted molar refractivity (Wildman–Crippen MR) is 133 cm³/mol. The van der Waals surface area contributed by atoms with Gasteiger partial charge in [-0.25, -0.2) is 19.7 Å². The van der Waals surface area contributed by atoms with Gasteiger partial charge in [0.2, 0.25) is 0 Å². The highest BCUT2D eigenvalue weighted by atomic mass is 32.1. The first-order valence-corrected chi connectivity index (χ1v) is 12.5. The van der Waals surface area contributed by atoms with Crippen molar-refractivity contribution in [3.8, 4) is 22.0 Å². The SMILES string of the molecule is Cc1csc(-c2[nH]c(CN(CCCN)C(=O)OC(C)(C)C)nc2-c2ccc3ncsc3c2)n1. The molecule has 3 N–H and O–H groups in total. The van der Waals surface area contributed by atoms with E-state index in [4.69, 9.17) is 15.5 Å². The molecule has 33 heavy (non-hydrogen) atoms. The Kier molecular flexibility index (Phi) is 6.78. The number of benzene rings is 1. The number of aromatic nitrogens is 4. The van der Waals surface area contributed by atoms with Crippen molar-refractivity contribution in [1.29, 1.82) is 0 Å². The Morgan fingerprint density at radius 3 is 2.76 bits per heavy atom. The van der Waals surface area contributed by atoms with Crippen molar-refractivity contribution in [2.45, 2.75) is 46.3 Å². The molecule has 0 fully saturated rings. The molecule has 0 aliphatic carbocycles. The molecule has 3 aromatic heterocycles. The second kappa shape index (κ2) is 9.58. The second-order valence-electron chi connectivity index (χ2n) is 8.78. The third kappa shape index (κ3) is 5.58. The number of carbonyl (C=O) groups is 1. The van der Waals surface area contributed by atoms with Gasteiger partial charge in [0.1, 0.15) is 22.1 Å². The quantitative estimate of drug-likeness (QED) is 0.373. The number of hydrogen-bond acceptors (Lipinski definition) is 8. The van der Waals surface area contributed by atoms with E-state index in [1.807, 2.05) is 50.7 Å². The molecule has 0 saturated carbocycles. The summed E-state index contributed by atoms with van der Waals surface area (Å²) >= 11 is 3.16. The standard InChI is InChI=1S/C23H28N6O2S2/c1-14-12-32-21(26-14)20-19(15-6-7-16-17(10-15)33-13-25-16)27-18(28-20)11-29(9-5-8-24)22(30)31-23(2,3)4/h6-7,10,12-13H,5,8-9,11,24H2,1-4H3,(H,27,28). The van der Waals surface area contributed by atoms with E-state index >= 15 is 0 Å². The molecule has 0 radical (unpaired) electrons. The number of thiazole rings is 2. The lowest BCUT2D eigenvalue weighted by Gasteiger charge is -2.26. The van der Waals surface area contributed by atoms with Gasteiger partial charge in [-0.1, -0.05) is 6.07 Å². The third-order valence-corrected chi connectivity index (χ3v) is 6.58. The number of rotatable bonds is 7. The molecule has 8 nitrogen and oxygen atoms in total. The molecule has 0 bridgehead atoms. The van der Waals surface area contributed by atoms with Crippen LogP contribution in [0.2, 0.25) is 0 Å². The Morgan fingerprint density at radius 2 is 2.06 bits per heavy atom. The van der Waals surface area contributed by atoms with Gasteiger partial charge in [0.05, 0.1) is 28.0 Å². The van der Waals surface area contributed by atoms with Gasteiger partial charge >= 0.3 is 6.09 Å². The van der Waals surface area contributed by atoms with Crippen LogP contribution in [-0.2, 0) is 11.3 Å². The van der Waals surface area contributed by atoms with Crippen molar-refractivity contribution < 1.29 is 9.53 Å². The summed E-state index contributed by atoms with van der Waals surface area (Å²) in [5, 5.41) is 2.87. The minimum absolute atomic E-state index is 0.287. The molecular formula is C23H28N6O2S2. The summed E-state index contributed by atoms with van der Waals surface area (Å²) in [7, 11) is 0. The fourth-order valence-corrected chi connectivity index (χ4v) is 4.87. The maximum absolute atomic E-state index is 12.8. The second-order valence-corrected chi connectivity index (χ2v) is 10.5. The molecule has 10 heteroatoms. The molecule has 0 spiro atoms. The molecule has 0 aliphatic heterocycles. The van der Waals surface area contributed by atoms with Gasteiger partial charge in [-0.05, 0) is 52.8 Å². The Bertz CT molecular complexity index is 1250. The summed E-state index contributed by atoms with van der Waals surface area (Å²) in [5.41, 5.74) is 11.5. The van der Waals surface area contributed by atoms with E-state index in [0.717, 1.165) is 37.9 Å². The lowest BCUT2D eigenvalue weighted by Crippen LogP contribution is -2.37. The smallest absolute Gasteiger partial charge is 0.410 e. The third-order valence-electron chi connectivity index (χ3n) is 4.81. The summed E-state index contributed by atoms with van der Waals surface area (Å²) in [5.74, 6) is 0.667. The highest BCUT2D eigenvalue weighted by Crippen LogP contribution is 2.34. The van der Waals surface area contributed by atoms with Crippen molar-refractivity contribution in [3.63, 3.8) is 0 Å². The van der Waals surface area contributed by atoms with Crippen LogP contribution >= 0.6 is 22.7 Å². The van der Waals surface area contributed by atoms with Gasteiger partial charge in [0, 0.05) is 23.2 Å². The van der Waals surface area contributed by atoms with Gasteiger partial charge in [-0.15, -0.1) is 22.7 Å². The van der Waals surface area contributed by atoms with Crippen LogP contribution in [0, 0.1) is 6.92 Å². The number of amides is 1. The normalized spacial score (nSPS) is 11.8. The number of nitrogens with one attached hydrogen (secondary N) is 1. The number of aromatic amines is 1. The topological polar surface area (TPSA) is 110 Å². The summed E-state index contributed by atoms with van der Waals surface area (Å²) in [6.45, 7) is 8.80. The van der Waals surface area contributed by atoms with E-state index in [2.05, 4.69) is 21.0 Å². The monoisotopic (exact) mass is 484 g/mol. The number of H-pyrrole nitrogens is 1. The van der Waals surface area contributed by atoms with Gasteiger partial charge in [-0.3, -0.25) is 0 Å². The van der Waals surface area contributed by atoms with Crippen LogP contribution in [0.1, 0.15) is 38.7 Å². The molecular weight excluding hydrogens is 456 g/mol. The van der Waals surface area contributed by atoms with Crippen LogP contribution in [0.4, 0.5) is 4.79 Å². The van der Waals surface area contributed by atoms with Crippen LogP contribution < -0.4 is 5.73 Å². The Morgan fingerprint density at radius 1 is 1.24 bits per heavy atom. The van der Waals surface area contributed by atoms with E-state index < -0.39 is 5.60 Å². The highest BCUT2D eigenvalue weighted by molar-refractivity contribution is 7.16.